The van der Waals surface area contributed by atoms with E-state index in [0.29, 0.717) is 17.0 Å². The lowest BCUT2D eigenvalue weighted by molar-refractivity contribution is -0.398. The van der Waals surface area contributed by atoms with Crippen LogP contribution < -0.4 is 9.19 Å². The van der Waals surface area contributed by atoms with Gasteiger partial charge in [-0.1, -0.05) is 0 Å². The maximum absolute atomic E-state index is 11.8. The molecule has 1 N–H and O–H groups in total. The minimum absolute atomic E-state index is 0.0648. The van der Waals surface area contributed by atoms with E-state index in [4.69, 9.17) is 15.0 Å². The fourth-order valence-electron chi connectivity index (χ4n) is 1.84. The van der Waals surface area contributed by atoms with Gasteiger partial charge in [-0.25, -0.2) is 13.3 Å². The highest BCUT2D eigenvalue weighted by Gasteiger charge is 2.42. The molecule has 1 aromatic carbocycles. The lowest BCUT2D eigenvalue weighted by atomic mass is 9.90. The third-order valence-corrected chi connectivity index (χ3v) is 5.88. The summed E-state index contributed by atoms with van der Waals surface area (Å²) in [6.45, 7) is 6.71. The van der Waals surface area contributed by atoms with E-state index in [-0.39, 0.29) is 5.75 Å². The van der Waals surface area contributed by atoms with Crippen LogP contribution in [0.15, 0.2) is 18.2 Å². The molecule has 2 rings (SSSR count). The van der Waals surface area contributed by atoms with Crippen LogP contribution in [-0.2, 0) is 25.6 Å². The zero-order valence-electron chi connectivity index (χ0n) is 13.3. The molecule has 22 heavy (non-hydrogen) atoms. The summed E-state index contributed by atoms with van der Waals surface area (Å²) >= 11 is 0. The van der Waals surface area contributed by atoms with Gasteiger partial charge in [-0.15, -0.1) is 0 Å². The second-order valence-electron chi connectivity index (χ2n) is 6.29. The van der Waals surface area contributed by atoms with Crippen LogP contribution in [0.2, 0.25) is 0 Å². The van der Waals surface area contributed by atoms with Gasteiger partial charge in [0, 0.05) is 7.05 Å². The first-order valence-electron chi connectivity index (χ1n) is 6.78. The van der Waals surface area contributed by atoms with E-state index in [0.717, 1.165) is 0 Å². The molecule has 0 fully saturated rings. The lowest BCUT2D eigenvalue weighted by Crippen LogP contribution is -2.49. The molecule has 8 heteroatoms. The van der Waals surface area contributed by atoms with Gasteiger partial charge in [0.1, 0.15) is 11.2 Å². The van der Waals surface area contributed by atoms with Crippen LogP contribution in [0.5, 0.6) is 5.75 Å². The summed E-state index contributed by atoms with van der Waals surface area (Å²) < 4.78 is 24.9. The molecule has 0 atom stereocenters. The smallest absolute Gasteiger partial charge is 0.239 e. The minimum atomic E-state index is -3.29. The average Bonchev–Trinajstić information content (AvgIpc) is 2.66. The number of nitrogens with zero attached hydrogens (tertiary/aromatic N) is 1. The second kappa shape index (κ2) is 5.38. The molecule has 0 radical (unpaired) electrons. The van der Waals surface area contributed by atoms with E-state index < -0.39 is 21.2 Å². The van der Waals surface area contributed by atoms with Crippen molar-refractivity contribution >= 4 is 15.7 Å². The Morgan fingerprint density at radius 2 is 1.82 bits per heavy atom. The first-order valence-corrected chi connectivity index (χ1v) is 8.39. The van der Waals surface area contributed by atoms with E-state index >= 15 is 0 Å². The van der Waals surface area contributed by atoms with Crippen molar-refractivity contribution in [3.63, 3.8) is 0 Å². The molecule has 1 aliphatic rings. The monoisotopic (exact) mass is 331 g/mol. The van der Waals surface area contributed by atoms with Gasteiger partial charge in [-0.3, -0.25) is 9.56 Å². The van der Waals surface area contributed by atoms with Gasteiger partial charge >= 0.3 is 0 Å². The van der Waals surface area contributed by atoms with E-state index in [2.05, 4.69) is 4.89 Å². The molecule has 0 bridgehead atoms. The predicted octanol–water partition coefficient (Wildman–Crippen LogP) is 2.32. The van der Waals surface area contributed by atoms with Gasteiger partial charge in [-0.05, 0) is 51.5 Å². The molecule has 0 saturated carbocycles. The molecule has 124 valence electrons. The summed E-state index contributed by atoms with van der Waals surface area (Å²) in [7, 11) is -1.77. The highest BCUT2D eigenvalue weighted by atomic mass is 32.2. The maximum atomic E-state index is 11.8. The molecule has 0 spiro atoms. The summed E-state index contributed by atoms with van der Waals surface area (Å²) in [5.41, 5.74) is -0.651. The minimum Gasteiger partial charge on any atom is -0.337 e. The van der Waals surface area contributed by atoms with Crippen LogP contribution >= 0.6 is 0 Å². The summed E-state index contributed by atoms with van der Waals surface area (Å²) in [5, 5.41) is 8.93. The SMILES string of the molecule is CN1c2ccc(OOC(C)(C)C(C)(C)OO)cc2CS1(=O)=O. The van der Waals surface area contributed by atoms with Crippen LogP contribution in [0.25, 0.3) is 0 Å². The van der Waals surface area contributed by atoms with E-state index in [1.165, 1.54) is 11.4 Å². The van der Waals surface area contributed by atoms with Gasteiger partial charge in [-0.2, -0.15) is 4.89 Å². The Bertz CT molecular complexity index is 668. The number of hydrogen-bond acceptors (Lipinski definition) is 6. The quantitative estimate of drug-likeness (QED) is 0.658. The Hall–Kier alpha value is -1.35. The molecule has 1 aromatic rings. The predicted molar refractivity (Wildman–Crippen MR) is 81.1 cm³/mol. The maximum Gasteiger partial charge on any atom is 0.239 e. The van der Waals surface area contributed by atoms with Gasteiger partial charge in [0.25, 0.3) is 0 Å². The van der Waals surface area contributed by atoms with Gasteiger partial charge in [0.15, 0.2) is 5.75 Å². The van der Waals surface area contributed by atoms with E-state index in [9.17, 15) is 8.42 Å². The van der Waals surface area contributed by atoms with Crippen LogP contribution in [0.1, 0.15) is 33.3 Å². The summed E-state index contributed by atoms with van der Waals surface area (Å²) in [6, 6.07) is 4.91. The Labute approximate surface area is 130 Å². The zero-order chi connectivity index (χ0) is 16.8. The van der Waals surface area contributed by atoms with Crippen LogP contribution in [0.3, 0.4) is 0 Å². The fraction of sp³-hybridized carbons (Fsp3) is 0.571. The van der Waals surface area contributed by atoms with E-state index in [1.807, 2.05) is 0 Å². The van der Waals surface area contributed by atoms with E-state index in [1.54, 1.807) is 45.9 Å². The van der Waals surface area contributed by atoms with Gasteiger partial charge < -0.3 is 4.89 Å². The third-order valence-electron chi connectivity index (χ3n) is 4.17. The van der Waals surface area contributed by atoms with Crippen LogP contribution in [0, 0.1) is 0 Å². The Morgan fingerprint density at radius 1 is 1.18 bits per heavy atom. The largest absolute Gasteiger partial charge is 0.337 e. The summed E-state index contributed by atoms with van der Waals surface area (Å²) in [6.07, 6.45) is 0. The van der Waals surface area contributed by atoms with Crippen molar-refractivity contribution in [3.8, 4) is 5.75 Å². The lowest BCUT2D eigenvalue weighted by Gasteiger charge is -2.36. The molecular formula is C14H21NO6S. The van der Waals surface area contributed by atoms with Crippen LogP contribution in [0.4, 0.5) is 5.69 Å². The standard InChI is InChI=1S/C14H21NO6S/c1-13(2,20-16)14(3,4)21-19-11-6-7-12-10(8-11)9-22(17,18)15(12)5/h6-8,16H,9H2,1-5H3. The highest BCUT2D eigenvalue weighted by molar-refractivity contribution is 7.92. The van der Waals surface area contributed by atoms with Crippen molar-refractivity contribution in [2.24, 2.45) is 0 Å². The Balaban J connectivity index is 2.15. The topological polar surface area (TPSA) is 85.3 Å². The average molecular weight is 331 g/mol. The Morgan fingerprint density at radius 3 is 2.41 bits per heavy atom. The Kier molecular flexibility index (Phi) is 4.16. The highest BCUT2D eigenvalue weighted by Crippen LogP contribution is 2.35. The molecule has 7 nitrogen and oxygen atoms in total. The fourth-order valence-corrected chi connectivity index (χ4v) is 3.14. The van der Waals surface area contributed by atoms with Crippen molar-refractivity contribution in [1.29, 1.82) is 0 Å². The molecule has 0 unspecified atom stereocenters. The summed E-state index contributed by atoms with van der Waals surface area (Å²) in [4.78, 5) is 15.1. The van der Waals surface area contributed by atoms with Crippen molar-refractivity contribution in [2.45, 2.75) is 44.6 Å². The normalized spacial score (nSPS) is 17.5. The molecule has 1 heterocycles. The first-order chi connectivity index (χ1) is 10.00. The zero-order valence-corrected chi connectivity index (χ0v) is 14.1. The summed E-state index contributed by atoms with van der Waals surface area (Å²) in [5.74, 6) is 0.316. The number of fused-ring (bicyclic) bond motifs is 1. The number of anilines is 1. The number of sulfonamides is 1. The first kappa shape index (κ1) is 17.0. The van der Waals surface area contributed by atoms with Crippen molar-refractivity contribution in [2.75, 3.05) is 11.4 Å². The molecule has 1 aliphatic heterocycles. The third kappa shape index (κ3) is 2.91. The van der Waals surface area contributed by atoms with Crippen LogP contribution in [-0.4, -0.2) is 31.9 Å². The van der Waals surface area contributed by atoms with Crippen molar-refractivity contribution in [3.05, 3.63) is 23.8 Å². The van der Waals surface area contributed by atoms with Gasteiger partial charge in [0.2, 0.25) is 10.0 Å². The molecule has 0 amide bonds. The number of hydrogen-bond donors (Lipinski definition) is 1. The molecule has 0 saturated heterocycles. The van der Waals surface area contributed by atoms with Crippen molar-refractivity contribution in [1.82, 2.24) is 0 Å². The second-order valence-corrected chi connectivity index (χ2v) is 8.29. The number of benzene rings is 1. The molecule has 0 aromatic heterocycles. The van der Waals surface area contributed by atoms with Crippen molar-refractivity contribution < 1.29 is 28.3 Å². The van der Waals surface area contributed by atoms with Gasteiger partial charge in [0.05, 0.1) is 11.4 Å². The molecule has 0 aliphatic carbocycles. The molecular weight excluding hydrogens is 310 g/mol. The number of rotatable bonds is 5.